The van der Waals surface area contributed by atoms with Crippen molar-refractivity contribution in [2.24, 2.45) is 11.8 Å². The van der Waals surface area contributed by atoms with Gasteiger partial charge in [0.1, 0.15) is 0 Å². The Labute approximate surface area is 204 Å². The topological polar surface area (TPSA) is 12.0 Å². The van der Waals surface area contributed by atoms with Gasteiger partial charge in [0.15, 0.2) is 0 Å². The molecular weight excluding hydrogens is 398 g/mol. The molecule has 0 radical (unpaired) electrons. The number of allylic oxidation sites excluding steroid dienone is 6. The van der Waals surface area contributed by atoms with Crippen LogP contribution in [0.2, 0.25) is 0 Å². The summed E-state index contributed by atoms with van der Waals surface area (Å²) in [6.45, 7) is 12.7. The van der Waals surface area contributed by atoms with Crippen LogP contribution in [0, 0.1) is 18.8 Å². The second-order valence-electron chi connectivity index (χ2n) is 11.1. The SMILES string of the molecule is CCCC(CCCCC1CNc2ccc(C)cc21)CCC1=CC=C(CC(C)CC)C=C(C)C1. The molecule has 1 heterocycles. The predicted octanol–water partition coefficient (Wildman–Crippen LogP) is 9.90. The Balaban J connectivity index is 1.44. The Morgan fingerprint density at radius 2 is 1.88 bits per heavy atom. The van der Waals surface area contributed by atoms with E-state index in [9.17, 15) is 0 Å². The molecule has 1 nitrogen and oxygen atoms in total. The van der Waals surface area contributed by atoms with E-state index in [0.29, 0.717) is 5.92 Å². The third-order valence-corrected chi connectivity index (χ3v) is 7.92. The highest BCUT2D eigenvalue weighted by molar-refractivity contribution is 5.58. The Hall–Kier alpha value is -1.76. The summed E-state index contributed by atoms with van der Waals surface area (Å²) in [7, 11) is 0. The molecule has 1 aliphatic carbocycles. The first-order valence-corrected chi connectivity index (χ1v) is 13.9. The summed E-state index contributed by atoms with van der Waals surface area (Å²) in [5, 5.41) is 3.61. The van der Waals surface area contributed by atoms with Crippen LogP contribution in [0.25, 0.3) is 0 Å². The molecule has 0 aromatic heterocycles. The Bertz CT molecular complexity index is 840. The molecule has 1 N–H and O–H groups in total. The zero-order valence-corrected chi connectivity index (χ0v) is 22.2. The molecule has 3 rings (SSSR count). The number of benzene rings is 1. The Morgan fingerprint density at radius 1 is 1.03 bits per heavy atom. The summed E-state index contributed by atoms with van der Waals surface area (Å²) in [5.74, 6) is 2.39. The molecular formula is C32H49N. The lowest BCUT2D eigenvalue weighted by Crippen LogP contribution is -2.04. The molecule has 182 valence electrons. The van der Waals surface area contributed by atoms with Gasteiger partial charge < -0.3 is 5.32 Å². The van der Waals surface area contributed by atoms with E-state index in [0.717, 1.165) is 18.4 Å². The quantitative estimate of drug-likeness (QED) is 0.297. The molecule has 3 atom stereocenters. The van der Waals surface area contributed by atoms with Crippen molar-refractivity contribution in [2.45, 2.75) is 111 Å². The van der Waals surface area contributed by atoms with Crippen molar-refractivity contribution in [2.75, 3.05) is 11.9 Å². The minimum absolute atomic E-state index is 0.715. The summed E-state index contributed by atoms with van der Waals surface area (Å²) in [6, 6.07) is 6.90. The molecule has 0 spiro atoms. The average Bonchev–Trinajstić information content (AvgIpc) is 3.10. The number of unbranched alkanes of at least 4 members (excludes halogenated alkanes) is 1. The second-order valence-corrected chi connectivity index (χ2v) is 11.1. The Kier molecular flexibility index (Phi) is 10.4. The van der Waals surface area contributed by atoms with Crippen LogP contribution in [0.15, 0.2) is 53.1 Å². The molecule has 0 amide bonds. The third kappa shape index (κ3) is 8.20. The molecule has 1 heteroatoms. The second kappa shape index (κ2) is 13.2. The lowest BCUT2D eigenvalue weighted by molar-refractivity contribution is 0.392. The molecule has 0 saturated carbocycles. The van der Waals surface area contributed by atoms with Crippen LogP contribution < -0.4 is 5.32 Å². The molecule has 1 aromatic carbocycles. The van der Waals surface area contributed by atoms with Crippen molar-refractivity contribution >= 4 is 5.69 Å². The van der Waals surface area contributed by atoms with Gasteiger partial charge in [-0.1, -0.05) is 106 Å². The van der Waals surface area contributed by atoms with Gasteiger partial charge in [0.25, 0.3) is 0 Å². The maximum Gasteiger partial charge on any atom is 0.0376 e. The van der Waals surface area contributed by atoms with Crippen LogP contribution in [-0.2, 0) is 0 Å². The highest BCUT2D eigenvalue weighted by atomic mass is 14.9. The summed E-state index contributed by atoms with van der Waals surface area (Å²) in [5.41, 5.74) is 9.04. The Morgan fingerprint density at radius 3 is 2.67 bits per heavy atom. The largest absolute Gasteiger partial charge is 0.384 e. The lowest BCUT2D eigenvalue weighted by Gasteiger charge is -2.18. The van der Waals surface area contributed by atoms with E-state index in [-0.39, 0.29) is 0 Å². The minimum atomic E-state index is 0.715. The molecule has 3 unspecified atom stereocenters. The van der Waals surface area contributed by atoms with Gasteiger partial charge in [-0.25, -0.2) is 0 Å². The van der Waals surface area contributed by atoms with E-state index in [1.165, 1.54) is 87.5 Å². The van der Waals surface area contributed by atoms with Crippen molar-refractivity contribution in [3.05, 3.63) is 64.3 Å². The molecule has 1 aliphatic heterocycles. The van der Waals surface area contributed by atoms with E-state index in [1.807, 2.05) is 0 Å². The van der Waals surface area contributed by atoms with E-state index in [1.54, 1.807) is 16.7 Å². The van der Waals surface area contributed by atoms with Gasteiger partial charge in [-0.05, 0) is 75.0 Å². The summed E-state index contributed by atoms with van der Waals surface area (Å²) >= 11 is 0. The van der Waals surface area contributed by atoms with Crippen LogP contribution in [-0.4, -0.2) is 6.54 Å². The molecule has 0 saturated heterocycles. The molecule has 1 aromatic rings. The monoisotopic (exact) mass is 447 g/mol. The van der Waals surface area contributed by atoms with E-state index in [4.69, 9.17) is 0 Å². The molecule has 0 bridgehead atoms. The van der Waals surface area contributed by atoms with Crippen molar-refractivity contribution in [3.63, 3.8) is 0 Å². The maximum atomic E-state index is 3.61. The first-order valence-electron chi connectivity index (χ1n) is 13.9. The standard InChI is InChI=1S/C32H49N/c1-6-10-27(11-8-9-12-30-23-33-32-18-13-25(4)22-31(30)32)14-15-28-16-17-29(19-24(3)7-2)21-26(5)20-28/h13,16-18,21-22,24,27,30,33H,6-12,14-15,19-20,23H2,1-5H3. The summed E-state index contributed by atoms with van der Waals surface area (Å²) in [6.07, 6.45) is 21.9. The first kappa shape index (κ1) is 25.9. The number of fused-ring (bicyclic) bond motifs is 1. The maximum absolute atomic E-state index is 3.61. The number of rotatable bonds is 13. The smallest absolute Gasteiger partial charge is 0.0376 e. The van der Waals surface area contributed by atoms with Gasteiger partial charge in [-0.3, -0.25) is 0 Å². The van der Waals surface area contributed by atoms with Crippen molar-refractivity contribution < 1.29 is 0 Å². The normalized spacial score (nSPS) is 19.7. The van der Waals surface area contributed by atoms with E-state index >= 15 is 0 Å². The summed E-state index contributed by atoms with van der Waals surface area (Å²) in [4.78, 5) is 0. The summed E-state index contributed by atoms with van der Waals surface area (Å²) < 4.78 is 0. The minimum Gasteiger partial charge on any atom is -0.384 e. The van der Waals surface area contributed by atoms with Crippen LogP contribution in [0.3, 0.4) is 0 Å². The zero-order valence-electron chi connectivity index (χ0n) is 22.2. The van der Waals surface area contributed by atoms with Gasteiger partial charge in [0.2, 0.25) is 0 Å². The van der Waals surface area contributed by atoms with Gasteiger partial charge in [0, 0.05) is 18.2 Å². The molecule has 2 aliphatic rings. The highest BCUT2D eigenvalue weighted by Gasteiger charge is 2.21. The number of hydrogen-bond donors (Lipinski definition) is 1. The van der Waals surface area contributed by atoms with Gasteiger partial charge >= 0.3 is 0 Å². The number of aryl methyl sites for hydroxylation is 1. The lowest BCUT2D eigenvalue weighted by atomic mass is 9.88. The average molecular weight is 448 g/mol. The highest BCUT2D eigenvalue weighted by Crippen LogP contribution is 2.36. The zero-order chi connectivity index (χ0) is 23.6. The molecule has 33 heavy (non-hydrogen) atoms. The fourth-order valence-corrected chi connectivity index (χ4v) is 5.74. The van der Waals surface area contributed by atoms with Gasteiger partial charge in [-0.15, -0.1) is 0 Å². The van der Waals surface area contributed by atoms with Crippen LogP contribution in [0.4, 0.5) is 5.69 Å². The fourth-order valence-electron chi connectivity index (χ4n) is 5.74. The van der Waals surface area contributed by atoms with E-state index < -0.39 is 0 Å². The van der Waals surface area contributed by atoms with Crippen LogP contribution >= 0.6 is 0 Å². The third-order valence-electron chi connectivity index (χ3n) is 7.92. The molecule has 0 fully saturated rings. The first-order chi connectivity index (χ1) is 16.0. The number of anilines is 1. The van der Waals surface area contributed by atoms with Crippen molar-refractivity contribution in [1.29, 1.82) is 0 Å². The van der Waals surface area contributed by atoms with Gasteiger partial charge in [0.05, 0.1) is 0 Å². The van der Waals surface area contributed by atoms with E-state index in [2.05, 4.69) is 76.4 Å². The number of hydrogen-bond acceptors (Lipinski definition) is 1. The van der Waals surface area contributed by atoms with Gasteiger partial charge in [-0.2, -0.15) is 0 Å². The fraction of sp³-hybridized carbons (Fsp3) is 0.625. The van der Waals surface area contributed by atoms with Crippen LogP contribution in [0.5, 0.6) is 0 Å². The van der Waals surface area contributed by atoms with Crippen molar-refractivity contribution in [3.8, 4) is 0 Å². The van der Waals surface area contributed by atoms with Crippen LogP contribution in [0.1, 0.15) is 115 Å². The number of nitrogens with one attached hydrogen (secondary N) is 1. The predicted molar refractivity (Wildman–Crippen MR) is 147 cm³/mol. The van der Waals surface area contributed by atoms with Crippen molar-refractivity contribution in [1.82, 2.24) is 0 Å².